The van der Waals surface area contributed by atoms with Crippen LogP contribution < -0.4 is 11.1 Å². The van der Waals surface area contributed by atoms with Crippen molar-refractivity contribution in [2.24, 2.45) is 11.8 Å². The van der Waals surface area contributed by atoms with Gasteiger partial charge in [-0.05, 0) is 93.8 Å². The number of nitrogen functional groups attached to an aromatic ring is 1. The van der Waals surface area contributed by atoms with Gasteiger partial charge in [0.15, 0.2) is 0 Å². The van der Waals surface area contributed by atoms with Gasteiger partial charge in [-0.15, -0.1) is 0 Å². The van der Waals surface area contributed by atoms with Crippen molar-refractivity contribution in [3.63, 3.8) is 0 Å². The summed E-state index contributed by atoms with van der Waals surface area (Å²) in [5, 5.41) is 22.4. The molecule has 204 valence electrons. The maximum absolute atomic E-state index is 13.3. The first-order valence-electron chi connectivity index (χ1n) is 14.1. The summed E-state index contributed by atoms with van der Waals surface area (Å²) in [5.41, 5.74) is 10.6. The first-order valence-corrected chi connectivity index (χ1v) is 14.1. The number of nitrogens with two attached hydrogens (primary N) is 1. The molecule has 39 heavy (non-hydrogen) atoms. The number of nitrogens with one attached hydrogen (secondary N) is 2. The number of amides is 1. The summed E-state index contributed by atoms with van der Waals surface area (Å²) >= 11 is 0. The maximum Gasteiger partial charge on any atom is 0.251 e. The predicted octanol–water partition coefficient (Wildman–Crippen LogP) is 5.55. The zero-order valence-corrected chi connectivity index (χ0v) is 23.0. The fraction of sp³-hybridized carbons (Fsp3) is 0.394. The standard InChI is InChI=1S/C33H40N4O2/c1-33(2,39)27-16-18-37(19-17-27)21-22-8-10-23(11-9-22)30(35)28-20-26(14-15-29(28)34)32(38)36-31(25-12-13-25)24-6-4-3-5-7-24/h3-11,14-15,20,25,27,31,35,39H,12-13,16-19,21,34H2,1-2H3,(H,36,38). The summed E-state index contributed by atoms with van der Waals surface area (Å²) in [6.07, 6.45) is 4.24. The van der Waals surface area contributed by atoms with E-state index < -0.39 is 5.60 Å². The highest BCUT2D eigenvalue weighted by molar-refractivity contribution is 6.14. The van der Waals surface area contributed by atoms with E-state index in [0.29, 0.717) is 34.4 Å². The van der Waals surface area contributed by atoms with Gasteiger partial charge in [0, 0.05) is 28.9 Å². The fourth-order valence-corrected chi connectivity index (χ4v) is 5.69. The van der Waals surface area contributed by atoms with Crippen molar-refractivity contribution in [1.29, 1.82) is 5.41 Å². The normalized spacial score (nSPS) is 17.5. The Hall–Kier alpha value is -3.48. The minimum absolute atomic E-state index is 0.00684. The summed E-state index contributed by atoms with van der Waals surface area (Å²) in [5.74, 6) is 0.667. The average Bonchev–Trinajstić information content (AvgIpc) is 3.78. The SMILES string of the molecule is CC(C)(O)C1CCN(Cc2ccc(C(=N)c3cc(C(=O)NC(c4ccccc4)C4CC4)ccc3N)cc2)CC1. The number of hydrogen-bond donors (Lipinski definition) is 4. The molecule has 2 fully saturated rings. The van der Waals surface area contributed by atoms with Gasteiger partial charge in [0.05, 0.1) is 17.4 Å². The molecule has 3 aromatic rings. The highest BCUT2D eigenvalue weighted by atomic mass is 16.3. The molecule has 1 heterocycles. The largest absolute Gasteiger partial charge is 0.398 e. The molecule has 3 aromatic carbocycles. The van der Waals surface area contributed by atoms with Crippen LogP contribution in [-0.2, 0) is 6.54 Å². The van der Waals surface area contributed by atoms with Gasteiger partial charge in [-0.25, -0.2) is 0 Å². The molecule has 5 rings (SSSR count). The van der Waals surface area contributed by atoms with Gasteiger partial charge in [-0.2, -0.15) is 0 Å². The van der Waals surface area contributed by atoms with E-state index in [1.165, 1.54) is 5.56 Å². The maximum atomic E-state index is 13.3. The second-order valence-corrected chi connectivity index (χ2v) is 11.8. The first kappa shape index (κ1) is 27.1. The lowest BCUT2D eigenvalue weighted by molar-refractivity contribution is -0.0136. The molecule has 0 spiro atoms. The van der Waals surface area contributed by atoms with Crippen molar-refractivity contribution in [1.82, 2.24) is 10.2 Å². The van der Waals surface area contributed by atoms with Crippen LogP contribution in [0.1, 0.15) is 78.2 Å². The third-order valence-corrected chi connectivity index (χ3v) is 8.36. The summed E-state index contributed by atoms with van der Waals surface area (Å²) in [7, 11) is 0. The Morgan fingerprint density at radius 2 is 1.64 bits per heavy atom. The molecule has 1 unspecified atom stereocenters. The first-order chi connectivity index (χ1) is 18.7. The number of anilines is 1. The number of piperidine rings is 1. The Morgan fingerprint density at radius 3 is 2.26 bits per heavy atom. The summed E-state index contributed by atoms with van der Waals surface area (Å²) in [6.45, 7) is 6.62. The number of aliphatic hydroxyl groups is 1. The zero-order valence-electron chi connectivity index (χ0n) is 23.0. The molecule has 6 heteroatoms. The molecular formula is C33H40N4O2. The number of carbonyl (C=O) groups excluding carboxylic acids is 1. The topological polar surface area (TPSA) is 102 Å². The van der Waals surface area contributed by atoms with Crippen LogP contribution in [0.3, 0.4) is 0 Å². The third-order valence-electron chi connectivity index (χ3n) is 8.36. The zero-order chi connectivity index (χ0) is 27.6. The number of rotatable bonds is 9. The molecule has 0 aromatic heterocycles. The Balaban J connectivity index is 1.24. The van der Waals surface area contributed by atoms with Crippen molar-refractivity contribution >= 4 is 17.3 Å². The number of benzene rings is 3. The Morgan fingerprint density at radius 1 is 1.00 bits per heavy atom. The molecule has 1 aliphatic heterocycles. The smallest absolute Gasteiger partial charge is 0.251 e. The van der Waals surface area contributed by atoms with Gasteiger partial charge >= 0.3 is 0 Å². The van der Waals surface area contributed by atoms with E-state index in [0.717, 1.165) is 56.4 Å². The molecule has 1 amide bonds. The second kappa shape index (κ2) is 11.3. The second-order valence-electron chi connectivity index (χ2n) is 11.8. The van der Waals surface area contributed by atoms with Crippen molar-refractivity contribution in [2.75, 3.05) is 18.8 Å². The molecule has 1 atom stereocenters. The van der Waals surface area contributed by atoms with E-state index in [1.54, 1.807) is 18.2 Å². The van der Waals surface area contributed by atoms with E-state index in [-0.39, 0.29) is 11.9 Å². The predicted molar refractivity (Wildman–Crippen MR) is 157 cm³/mol. The van der Waals surface area contributed by atoms with Crippen molar-refractivity contribution in [3.8, 4) is 0 Å². The van der Waals surface area contributed by atoms with E-state index in [4.69, 9.17) is 11.1 Å². The molecule has 6 nitrogen and oxygen atoms in total. The number of carbonyl (C=O) groups is 1. The molecule has 1 saturated carbocycles. The van der Waals surface area contributed by atoms with Gasteiger partial charge < -0.3 is 16.2 Å². The van der Waals surface area contributed by atoms with Crippen molar-refractivity contribution in [3.05, 3.63) is 101 Å². The van der Waals surface area contributed by atoms with E-state index >= 15 is 0 Å². The van der Waals surface area contributed by atoms with Crippen LogP contribution in [0.15, 0.2) is 72.8 Å². The Labute approximate surface area is 231 Å². The lowest BCUT2D eigenvalue weighted by Gasteiger charge is -2.37. The number of hydrogen-bond acceptors (Lipinski definition) is 5. The Bertz CT molecular complexity index is 1300. The minimum atomic E-state index is -0.616. The van der Waals surface area contributed by atoms with Crippen LogP contribution in [0, 0.1) is 17.2 Å². The van der Waals surface area contributed by atoms with Crippen LogP contribution in [0.25, 0.3) is 0 Å². The molecule has 0 bridgehead atoms. The summed E-state index contributed by atoms with van der Waals surface area (Å²) in [6, 6.07) is 23.4. The van der Waals surface area contributed by atoms with E-state index in [2.05, 4.69) is 34.5 Å². The fourth-order valence-electron chi connectivity index (χ4n) is 5.69. The average molecular weight is 525 g/mol. The van der Waals surface area contributed by atoms with Gasteiger partial charge in [0.25, 0.3) is 5.91 Å². The minimum Gasteiger partial charge on any atom is -0.398 e. The Kier molecular flexibility index (Phi) is 7.87. The highest BCUT2D eigenvalue weighted by Crippen LogP contribution is 2.41. The van der Waals surface area contributed by atoms with Gasteiger partial charge in [-0.3, -0.25) is 15.1 Å². The van der Waals surface area contributed by atoms with Crippen molar-refractivity contribution in [2.45, 2.75) is 57.7 Å². The molecular weight excluding hydrogens is 484 g/mol. The highest BCUT2D eigenvalue weighted by Gasteiger charge is 2.34. The van der Waals surface area contributed by atoms with Crippen LogP contribution in [0.2, 0.25) is 0 Å². The molecule has 1 saturated heterocycles. The number of nitrogens with zero attached hydrogens (tertiary/aromatic N) is 1. The molecule has 2 aliphatic rings. The lowest BCUT2D eigenvalue weighted by Crippen LogP contribution is -2.41. The van der Waals surface area contributed by atoms with Gasteiger partial charge in [0.1, 0.15) is 0 Å². The van der Waals surface area contributed by atoms with Crippen molar-refractivity contribution < 1.29 is 9.90 Å². The van der Waals surface area contributed by atoms with Crippen LogP contribution >= 0.6 is 0 Å². The summed E-state index contributed by atoms with van der Waals surface area (Å²) < 4.78 is 0. The van der Waals surface area contributed by atoms with Crippen LogP contribution in [0.5, 0.6) is 0 Å². The summed E-state index contributed by atoms with van der Waals surface area (Å²) in [4.78, 5) is 15.7. The quantitative estimate of drug-likeness (QED) is 0.218. The van der Waals surface area contributed by atoms with Gasteiger partial charge in [-0.1, -0.05) is 54.6 Å². The van der Waals surface area contributed by atoms with Crippen LogP contribution in [-0.4, -0.2) is 40.3 Å². The lowest BCUT2D eigenvalue weighted by atomic mass is 9.83. The van der Waals surface area contributed by atoms with E-state index in [9.17, 15) is 9.90 Å². The molecule has 1 aliphatic carbocycles. The molecule has 5 N–H and O–H groups in total. The van der Waals surface area contributed by atoms with Gasteiger partial charge in [0.2, 0.25) is 0 Å². The van der Waals surface area contributed by atoms with E-state index in [1.807, 2.05) is 44.2 Å². The molecule has 0 radical (unpaired) electrons. The van der Waals surface area contributed by atoms with Crippen LogP contribution in [0.4, 0.5) is 5.69 Å². The monoisotopic (exact) mass is 524 g/mol. The third kappa shape index (κ3) is 6.57. The number of likely N-dealkylation sites (tertiary alicyclic amines) is 1.